The monoisotopic (exact) mass is 204 g/mol. The summed E-state index contributed by atoms with van der Waals surface area (Å²) in [5, 5.41) is 7.03. The van der Waals surface area contributed by atoms with Gasteiger partial charge in [-0.1, -0.05) is 5.16 Å². The summed E-state index contributed by atoms with van der Waals surface area (Å²) in [6.45, 7) is 1.77. The van der Waals surface area contributed by atoms with Gasteiger partial charge in [-0.3, -0.25) is 4.98 Å². The minimum atomic E-state index is -0.0505. The maximum absolute atomic E-state index is 4.95. The van der Waals surface area contributed by atoms with E-state index in [1.807, 2.05) is 19.2 Å². The van der Waals surface area contributed by atoms with E-state index in [1.54, 1.807) is 19.3 Å². The van der Waals surface area contributed by atoms with Crippen molar-refractivity contribution in [1.29, 1.82) is 0 Å². The van der Waals surface area contributed by atoms with E-state index < -0.39 is 0 Å². The van der Waals surface area contributed by atoms with Crippen LogP contribution < -0.4 is 5.32 Å². The molecule has 0 bridgehead atoms. The summed E-state index contributed by atoms with van der Waals surface area (Å²) in [5.41, 5.74) is 1.06. The molecule has 0 unspecified atom stereocenters. The van der Waals surface area contributed by atoms with Gasteiger partial charge in [-0.25, -0.2) is 0 Å². The average molecular weight is 204 g/mol. The molecule has 1 N–H and O–H groups in total. The molecule has 5 heteroatoms. The van der Waals surface area contributed by atoms with Crippen molar-refractivity contribution in [1.82, 2.24) is 20.4 Å². The Hall–Kier alpha value is -1.75. The van der Waals surface area contributed by atoms with Crippen LogP contribution in [-0.4, -0.2) is 22.2 Å². The molecule has 0 amide bonds. The summed E-state index contributed by atoms with van der Waals surface area (Å²) in [6, 6.07) is 3.80. The molecule has 0 fully saturated rings. The Morgan fingerprint density at radius 1 is 1.33 bits per heavy atom. The summed E-state index contributed by atoms with van der Waals surface area (Å²) >= 11 is 0. The molecule has 2 heterocycles. The second kappa shape index (κ2) is 4.18. The summed E-state index contributed by atoms with van der Waals surface area (Å²) in [6.07, 6.45) is 3.49. The van der Waals surface area contributed by atoms with Crippen molar-refractivity contribution in [2.45, 2.75) is 13.0 Å². The molecule has 0 aliphatic carbocycles. The fraction of sp³-hybridized carbons (Fsp3) is 0.300. The standard InChI is InChI=1S/C10H12N4O/c1-7-13-10(14-15-7)9(11-2)8-3-5-12-6-4-8/h3-6,9,11H,1-2H3/t9-/m0/s1. The van der Waals surface area contributed by atoms with E-state index in [0.29, 0.717) is 11.7 Å². The Bertz CT molecular complexity index is 426. The molecule has 2 aromatic rings. The minimum absolute atomic E-state index is 0.0505. The highest BCUT2D eigenvalue weighted by molar-refractivity contribution is 5.21. The third-order valence-electron chi connectivity index (χ3n) is 2.13. The van der Waals surface area contributed by atoms with Crippen LogP contribution in [0.5, 0.6) is 0 Å². The molecule has 0 aromatic carbocycles. The third kappa shape index (κ3) is 2.02. The normalized spacial score (nSPS) is 12.7. The molecule has 2 aromatic heterocycles. The number of hydrogen-bond donors (Lipinski definition) is 1. The number of nitrogens with zero attached hydrogens (tertiary/aromatic N) is 3. The van der Waals surface area contributed by atoms with Crippen LogP contribution in [0.1, 0.15) is 23.3 Å². The zero-order valence-electron chi connectivity index (χ0n) is 8.64. The van der Waals surface area contributed by atoms with E-state index in [9.17, 15) is 0 Å². The molecule has 0 radical (unpaired) electrons. The van der Waals surface area contributed by atoms with Crippen LogP contribution >= 0.6 is 0 Å². The first-order chi connectivity index (χ1) is 7.31. The second-order valence-electron chi connectivity index (χ2n) is 3.17. The molecule has 5 nitrogen and oxygen atoms in total. The van der Waals surface area contributed by atoms with E-state index >= 15 is 0 Å². The van der Waals surface area contributed by atoms with E-state index in [4.69, 9.17) is 4.52 Å². The third-order valence-corrected chi connectivity index (χ3v) is 2.13. The van der Waals surface area contributed by atoms with Gasteiger partial charge in [-0.15, -0.1) is 0 Å². The zero-order chi connectivity index (χ0) is 10.7. The molecule has 0 saturated carbocycles. The molecular weight excluding hydrogens is 192 g/mol. The lowest BCUT2D eigenvalue weighted by Crippen LogP contribution is -2.19. The van der Waals surface area contributed by atoms with Gasteiger partial charge in [0.05, 0.1) is 6.04 Å². The zero-order valence-corrected chi connectivity index (χ0v) is 8.64. The minimum Gasteiger partial charge on any atom is -0.340 e. The van der Waals surface area contributed by atoms with Crippen LogP contribution in [0.2, 0.25) is 0 Å². The quantitative estimate of drug-likeness (QED) is 0.810. The van der Waals surface area contributed by atoms with Crippen molar-refractivity contribution in [3.05, 3.63) is 41.8 Å². The topological polar surface area (TPSA) is 63.8 Å². The van der Waals surface area contributed by atoms with Crippen molar-refractivity contribution in [2.75, 3.05) is 7.05 Å². The lowest BCUT2D eigenvalue weighted by atomic mass is 10.1. The van der Waals surface area contributed by atoms with Crippen LogP contribution in [0.3, 0.4) is 0 Å². The van der Waals surface area contributed by atoms with Crippen LogP contribution in [-0.2, 0) is 0 Å². The maximum Gasteiger partial charge on any atom is 0.223 e. The molecule has 78 valence electrons. The van der Waals surface area contributed by atoms with Crippen molar-refractivity contribution < 1.29 is 4.52 Å². The van der Waals surface area contributed by atoms with E-state index in [-0.39, 0.29) is 6.04 Å². The Kier molecular flexibility index (Phi) is 2.73. The van der Waals surface area contributed by atoms with Crippen molar-refractivity contribution >= 4 is 0 Å². The molecule has 0 aliphatic rings. The van der Waals surface area contributed by atoms with Gasteiger partial charge in [0, 0.05) is 19.3 Å². The summed E-state index contributed by atoms with van der Waals surface area (Å²) in [5.74, 6) is 1.21. The molecule has 15 heavy (non-hydrogen) atoms. The fourth-order valence-corrected chi connectivity index (χ4v) is 1.43. The Morgan fingerprint density at radius 2 is 2.07 bits per heavy atom. The van der Waals surface area contributed by atoms with Gasteiger partial charge in [0.1, 0.15) is 0 Å². The molecule has 1 atom stereocenters. The first-order valence-electron chi connectivity index (χ1n) is 4.68. The molecule has 0 saturated heterocycles. The van der Waals surface area contributed by atoms with E-state index in [2.05, 4.69) is 20.4 Å². The van der Waals surface area contributed by atoms with E-state index in [1.165, 1.54) is 0 Å². The number of aromatic nitrogens is 3. The molecule has 2 rings (SSSR count). The molecule has 0 aliphatic heterocycles. The Morgan fingerprint density at radius 3 is 2.60 bits per heavy atom. The SMILES string of the molecule is CN[C@@H](c1ccncc1)c1noc(C)n1. The van der Waals surface area contributed by atoms with Gasteiger partial charge in [0.15, 0.2) is 5.82 Å². The Balaban J connectivity index is 2.33. The Labute approximate surface area is 87.5 Å². The fourth-order valence-electron chi connectivity index (χ4n) is 1.43. The first kappa shape index (κ1) is 9.79. The van der Waals surface area contributed by atoms with Crippen LogP contribution in [0.4, 0.5) is 0 Å². The van der Waals surface area contributed by atoms with Gasteiger partial charge in [0.25, 0.3) is 0 Å². The molecule has 0 spiro atoms. The summed E-state index contributed by atoms with van der Waals surface area (Å²) < 4.78 is 4.95. The average Bonchev–Trinajstić information content (AvgIpc) is 2.68. The number of nitrogens with one attached hydrogen (secondary N) is 1. The van der Waals surface area contributed by atoms with Crippen molar-refractivity contribution in [3.63, 3.8) is 0 Å². The molecular formula is C10H12N4O. The largest absolute Gasteiger partial charge is 0.340 e. The summed E-state index contributed by atoms with van der Waals surface area (Å²) in [4.78, 5) is 8.17. The second-order valence-corrected chi connectivity index (χ2v) is 3.17. The van der Waals surface area contributed by atoms with Crippen molar-refractivity contribution in [2.24, 2.45) is 0 Å². The predicted molar refractivity (Wildman–Crippen MR) is 54.2 cm³/mol. The van der Waals surface area contributed by atoms with Gasteiger partial charge in [0.2, 0.25) is 5.89 Å². The van der Waals surface area contributed by atoms with Gasteiger partial charge in [-0.05, 0) is 24.7 Å². The van der Waals surface area contributed by atoms with Gasteiger partial charge >= 0.3 is 0 Å². The van der Waals surface area contributed by atoms with Crippen LogP contribution in [0.15, 0.2) is 29.0 Å². The van der Waals surface area contributed by atoms with Crippen LogP contribution in [0, 0.1) is 6.92 Å². The van der Waals surface area contributed by atoms with Crippen molar-refractivity contribution in [3.8, 4) is 0 Å². The van der Waals surface area contributed by atoms with E-state index in [0.717, 1.165) is 5.56 Å². The maximum atomic E-state index is 4.95. The predicted octanol–water partition coefficient (Wildman–Crippen LogP) is 1.08. The number of hydrogen-bond acceptors (Lipinski definition) is 5. The number of pyridine rings is 1. The highest BCUT2D eigenvalue weighted by Gasteiger charge is 2.16. The lowest BCUT2D eigenvalue weighted by Gasteiger charge is -2.11. The first-order valence-corrected chi connectivity index (χ1v) is 4.68. The lowest BCUT2D eigenvalue weighted by molar-refractivity contribution is 0.383. The highest BCUT2D eigenvalue weighted by Crippen LogP contribution is 2.17. The summed E-state index contributed by atoms with van der Waals surface area (Å²) in [7, 11) is 1.86. The van der Waals surface area contributed by atoms with Crippen LogP contribution in [0.25, 0.3) is 0 Å². The highest BCUT2D eigenvalue weighted by atomic mass is 16.5. The number of rotatable bonds is 3. The van der Waals surface area contributed by atoms with Gasteiger partial charge in [-0.2, -0.15) is 4.98 Å². The van der Waals surface area contributed by atoms with Gasteiger partial charge < -0.3 is 9.84 Å². The smallest absolute Gasteiger partial charge is 0.223 e. The number of aryl methyl sites for hydroxylation is 1.